The summed E-state index contributed by atoms with van der Waals surface area (Å²) < 4.78 is 11.2. The largest absolute Gasteiger partial charge is 0.383 e. The van der Waals surface area contributed by atoms with Crippen LogP contribution in [0.25, 0.3) is 0 Å². The molecule has 0 bridgehead atoms. The predicted octanol–water partition coefficient (Wildman–Crippen LogP) is 4.99. The topological polar surface area (TPSA) is 54.9 Å². The summed E-state index contributed by atoms with van der Waals surface area (Å²) >= 11 is 0. The number of aliphatic imine (C=N–C) groups is 1. The summed E-state index contributed by atoms with van der Waals surface area (Å²) in [5, 5.41) is 6.66. The fourth-order valence-corrected chi connectivity index (χ4v) is 2.77. The molecule has 0 spiro atoms. The maximum Gasteiger partial charge on any atom is 0.0701 e. The summed E-state index contributed by atoms with van der Waals surface area (Å²) in [4.78, 5) is 4.49. The molecule has 0 radical (unpaired) electrons. The van der Waals surface area contributed by atoms with Crippen molar-refractivity contribution in [3.63, 3.8) is 0 Å². The molecule has 30 heavy (non-hydrogen) atoms. The summed E-state index contributed by atoms with van der Waals surface area (Å²) in [5.74, 6) is 0. The maximum absolute atomic E-state index is 5.60. The van der Waals surface area contributed by atoms with E-state index in [9.17, 15) is 0 Å². The third-order valence-corrected chi connectivity index (χ3v) is 4.33. The Balaban J connectivity index is 1.20. The number of anilines is 2. The highest BCUT2D eigenvalue weighted by Crippen LogP contribution is 2.16. The number of ether oxygens (including phenoxy) is 2. The first-order valence-electron chi connectivity index (χ1n) is 10.3. The van der Waals surface area contributed by atoms with Gasteiger partial charge < -0.3 is 20.1 Å². The highest BCUT2D eigenvalue weighted by molar-refractivity contribution is 5.81. The third kappa shape index (κ3) is 8.47. The van der Waals surface area contributed by atoms with E-state index in [2.05, 4.69) is 15.6 Å². The van der Waals surface area contributed by atoms with Crippen molar-refractivity contribution >= 4 is 23.3 Å². The molecule has 0 amide bonds. The smallest absolute Gasteiger partial charge is 0.0701 e. The lowest BCUT2D eigenvalue weighted by Crippen LogP contribution is -2.15. The lowest BCUT2D eigenvalue weighted by atomic mass is 10.2. The summed E-state index contributed by atoms with van der Waals surface area (Å²) in [6, 6.07) is 28.3. The molecule has 0 heterocycles. The summed E-state index contributed by atoms with van der Waals surface area (Å²) in [5.41, 5.74) is 4.19. The molecule has 0 atom stereocenters. The highest BCUT2D eigenvalue weighted by atomic mass is 16.5. The number of rotatable bonds is 13. The van der Waals surface area contributed by atoms with Crippen molar-refractivity contribution in [2.75, 3.05) is 50.2 Å². The van der Waals surface area contributed by atoms with Crippen molar-refractivity contribution < 1.29 is 9.47 Å². The Morgan fingerprint density at radius 3 is 1.73 bits per heavy atom. The minimum Gasteiger partial charge on any atom is -0.383 e. The van der Waals surface area contributed by atoms with Gasteiger partial charge in [-0.3, -0.25) is 4.99 Å². The highest BCUT2D eigenvalue weighted by Gasteiger charge is 1.95. The molecule has 0 saturated heterocycles. The first kappa shape index (κ1) is 21.6. The van der Waals surface area contributed by atoms with Crippen LogP contribution in [-0.2, 0) is 9.47 Å². The Labute approximate surface area is 178 Å². The van der Waals surface area contributed by atoms with E-state index in [4.69, 9.17) is 9.47 Å². The molecule has 5 heteroatoms. The van der Waals surface area contributed by atoms with Gasteiger partial charge in [0.15, 0.2) is 0 Å². The van der Waals surface area contributed by atoms with Gasteiger partial charge in [0, 0.05) is 30.7 Å². The van der Waals surface area contributed by atoms with Gasteiger partial charge in [-0.25, -0.2) is 0 Å². The van der Waals surface area contributed by atoms with Crippen LogP contribution in [0.1, 0.15) is 5.56 Å². The molecule has 0 aromatic heterocycles. The van der Waals surface area contributed by atoms with Gasteiger partial charge in [-0.1, -0.05) is 48.5 Å². The van der Waals surface area contributed by atoms with E-state index in [1.807, 2.05) is 91.1 Å². The minimum atomic E-state index is 0.597. The first-order chi connectivity index (χ1) is 14.9. The van der Waals surface area contributed by atoms with Crippen molar-refractivity contribution in [3.05, 3.63) is 90.5 Å². The molecule has 0 unspecified atom stereocenters. The van der Waals surface area contributed by atoms with Crippen molar-refractivity contribution in [1.82, 2.24) is 0 Å². The van der Waals surface area contributed by atoms with E-state index in [-0.39, 0.29) is 0 Å². The molecule has 2 N–H and O–H groups in total. The summed E-state index contributed by atoms with van der Waals surface area (Å²) in [7, 11) is 0. The Morgan fingerprint density at radius 2 is 1.13 bits per heavy atom. The standard InChI is InChI=1S/C25H29N3O2/c1-3-7-22(8-4-1)21-28-25-13-11-24(12-14-25)27-16-18-30-20-19-29-17-15-26-23-9-5-2-6-10-23/h1-14,21,26-27H,15-20H2. The van der Waals surface area contributed by atoms with E-state index in [1.165, 1.54) is 0 Å². The maximum atomic E-state index is 5.60. The fraction of sp³-hybridized carbons (Fsp3) is 0.240. The second-order valence-corrected chi connectivity index (χ2v) is 6.66. The van der Waals surface area contributed by atoms with Crippen LogP contribution < -0.4 is 10.6 Å². The van der Waals surface area contributed by atoms with Gasteiger partial charge in [0.2, 0.25) is 0 Å². The van der Waals surface area contributed by atoms with Gasteiger partial charge in [-0.15, -0.1) is 0 Å². The van der Waals surface area contributed by atoms with Crippen LogP contribution in [0.3, 0.4) is 0 Å². The Kier molecular flexibility index (Phi) is 9.44. The molecule has 0 aliphatic rings. The van der Waals surface area contributed by atoms with E-state index >= 15 is 0 Å². The summed E-state index contributed by atoms with van der Waals surface area (Å²) in [6.45, 7) is 4.04. The molecule has 5 nitrogen and oxygen atoms in total. The molecule has 156 valence electrons. The Morgan fingerprint density at radius 1 is 0.600 bits per heavy atom. The van der Waals surface area contributed by atoms with E-state index in [0.29, 0.717) is 26.4 Å². The van der Waals surface area contributed by atoms with Gasteiger partial charge in [-0.05, 0) is 42.0 Å². The van der Waals surface area contributed by atoms with Crippen molar-refractivity contribution in [1.29, 1.82) is 0 Å². The molecule has 0 fully saturated rings. The average molecular weight is 404 g/mol. The second-order valence-electron chi connectivity index (χ2n) is 6.66. The number of para-hydroxylation sites is 1. The average Bonchev–Trinajstić information content (AvgIpc) is 2.81. The van der Waals surface area contributed by atoms with Gasteiger partial charge >= 0.3 is 0 Å². The molecule has 3 aromatic rings. The molecular weight excluding hydrogens is 374 g/mol. The molecule has 0 aliphatic carbocycles. The van der Waals surface area contributed by atoms with Crippen LogP contribution in [0.15, 0.2) is 89.9 Å². The van der Waals surface area contributed by atoms with Crippen LogP contribution in [0, 0.1) is 0 Å². The van der Waals surface area contributed by atoms with Crippen LogP contribution in [0.4, 0.5) is 17.1 Å². The van der Waals surface area contributed by atoms with Crippen LogP contribution >= 0.6 is 0 Å². The van der Waals surface area contributed by atoms with Gasteiger partial charge in [0.05, 0.1) is 32.1 Å². The quantitative estimate of drug-likeness (QED) is 0.312. The monoisotopic (exact) mass is 403 g/mol. The fourth-order valence-electron chi connectivity index (χ4n) is 2.77. The van der Waals surface area contributed by atoms with Gasteiger partial charge in [0.1, 0.15) is 0 Å². The zero-order valence-corrected chi connectivity index (χ0v) is 17.2. The van der Waals surface area contributed by atoms with E-state index < -0.39 is 0 Å². The van der Waals surface area contributed by atoms with E-state index in [0.717, 1.165) is 35.7 Å². The lowest BCUT2D eigenvalue weighted by molar-refractivity contribution is 0.0557. The SMILES string of the molecule is C(=Nc1ccc(NCCOCCOCCNc2ccccc2)cc1)c1ccccc1. The molecule has 3 aromatic carbocycles. The van der Waals surface area contributed by atoms with E-state index in [1.54, 1.807) is 0 Å². The predicted molar refractivity (Wildman–Crippen MR) is 125 cm³/mol. The third-order valence-electron chi connectivity index (χ3n) is 4.33. The Bertz CT molecular complexity index is 853. The minimum absolute atomic E-state index is 0.597. The number of hydrogen-bond donors (Lipinski definition) is 2. The molecule has 3 rings (SSSR count). The number of nitrogens with zero attached hydrogens (tertiary/aromatic N) is 1. The van der Waals surface area contributed by atoms with Gasteiger partial charge in [-0.2, -0.15) is 0 Å². The second kappa shape index (κ2) is 13.1. The van der Waals surface area contributed by atoms with Crippen molar-refractivity contribution in [3.8, 4) is 0 Å². The van der Waals surface area contributed by atoms with Crippen LogP contribution in [0.5, 0.6) is 0 Å². The first-order valence-corrected chi connectivity index (χ1v) is 10.3. The van der Waals surface area contributed by atoms with Crippen LogP contribution in [0.2, 0.25) is 0 Å². The zero-order chi connectivity index (χ0) is 20.7. The van der Waals surface area contributed by atoms with Crippen molar-refractivity contribution in [2.45, 2.75) is 0 Å². The summed E-state index contributed by atoms with van der Waals surface area (Å²) in [6.07, 6.45) is 1.87. The number of hydrogen-bond acceptors (Lipinski definition) is 5. The van der Waals surface area contributed by atoms with Crippen LogP contribution in [-0.4, -0.2) is 45.7 Å². The van der Waals surface area contributed by atoms with Gasteiger partial charge in [0.25, 0.3) is 0 Å². The zero-order valence-electron chi connectivity index (χ0n) is 17.2. The Hall–Kier alpha value is -3.15. The number of benzene rings is 3. The number of nitrogens with one attached hydrogen (secondary N) is 2. The lowest BCUT2D eigenvalue weighted by Gasteiger charge is -2.09. The molecule has 0 saturated carbocycles. The molecule has 0 aliphatic heterocycles. The molecular formula is C25H29N3O2. The normalized spacial score (nSPS) is 10.9. The van der Waals surface area contributed by atoms with Crippen molar-refractivity contribution in [2.24, 2.45) is 4.99 Å².